The second-order valence-corrected chi connectivity index (χ2v) is 11.4. The molecular weight excluding hydrogens is 533 g/mol. The highest BCUT2D eigenvalue weighted by atomic mass is 127. The van der Waals surface area contributed by atoms with Gasteiger partial charge < -0.3 is 10.2 Å². The van der Waals surface area contributed by atoms with Gasteiger partial charge in [0.25, 0.3) is 0 Å². The molecule has 3 atom stereocenters. The number of alkyl halides is 1. The monoisotopic (exact) mass is 561 g/mol. The predicted octanol–water partition coefficient (Wildman–Crippen LogP) is 5.59. The van der Waals surface area contributed by atoms with Crippen molar-refractivity contribution in [1.82, 2.24) is 15.2 Å². The molecule has 5 nitrogen and oxygen atoms in total. The minimum absolute atomic E-state index is 0.00480. The fraction of sp³-hybridized carbons (Fsp3) is 0.400. The Morgan fingerprint density at radius 1 is 1.16 bits per heavy atom. The van der Waals surface area contributed by atoms with Gasteiger partial charge in [-0.15, -0.1) is 11.3 Å². The van der Waals surface area contributed by atoms with Gasteiger partial charge in [0.05, 0.1) is 15.7 Å². The van der Waals surface area contributed by atoms with E-state index in [4.69, 9.17) is 4.98 Å². The lowest BCUT2D eigenvalue weighted by atomic mass is 10.0. The van der Waals surface area contributed by atoms with Gasteiger partial charge >= 0.3 is 0 Å². The fourth-order valence-electron chi connectivity index (χ4n) is 4.26. The molecule has 2 amide bonds. The third-order valence-corrected chi connectivity index (χ3v) is 7.51. The molecule has 0 saturated carbocycles. The van der Waals surface area contributed by atoms with Gasteiger partial charge in [-0.1, -0.05) is 78.9 Å². The number of hydrogen-bond acceptors (Lipinski definition) is 4. The molecule has 32 heavy (non-hydrogen) atoms. The highest BCUT2D eigenvalue weighted by molar-refractivity contribution is 14.1. The van der Waals surface area contributed by atoms with Crippen LogP contribution in [0.1, 0.15) is 44.7 Å². The fourth-order valence-corrected chi connectivity index (χ4v) is 5.41. The molecule has 3 aromatic rings. The van der Waals surface area contributed by atoms with E-state index in [9.17, 15) is 9.59 Å². The van der Waals surface area contributed by atoms with Crippen molar-refractivity contribution in [2.45, 2.75) is 49.6 Å². The molecule has 1 aliphatic heterocycles. The van der Waals surface area contributed by atoms with Crippen LogP contribution in [0, 0.1) is 5.92 Å². The topological polar surface area (TPSA) is 62.3 Å². The summed E-state index contributed by atoms with van der Waals surface area (Å²) in [6.07, 6.45) is 1.84. The Kier molecular flexibility index (Phi) is 7.14. The van der Waals surface area contributed by atoms with Crippen molar-refractivity contribution in [1.29, 1.82) is 0 Å². The molecule has 1 N–H and O–H groups in total. The number of rotatable bonds is 6. The van der Waals surface area contributed by atoms with Gasteiger partial charge in [-0.05, 0) is 36.5 Å². The molecule has 0 unspecified atom stereocenters. The van der Waals surface area contributed by atoms with Gasteiger partial charge in [-0.2, -0.15) is 0 Å². The van der Waals surface area contributed by atoms with Crippen molar-refractivity contribution < 1.29 is 9.59 Å². The summed E-state index contributed by atoms with van der Waals surface area (Å²) in [5.74, 6) is -0.0823. The number of amides is 2. The third kappa shape index (κ3) is 4.69. The van der Waals surface area contributed by atoms with Crippen LogP contribution in [0.5, 0.6) is 0 Å². The maximum absolute atomic E-state index is 13.5. The summed E-state index contributed by atoms with van der Waals surface area (Å²) in [7, 11) is 0. The number of carbonyl (C=O) groups excluding carboxylic acids is 2. The molecule has 1 aromatic heterocycles. The summed E-state index contributed by atoms with van der Waals surface area (Å²) in [6.45, 7) is 6.49. The summed E-state index contributed by atoms with van der Waals surface area (Å²) in [4.78, 5) is 32.7. The lowest BCUT2D eigenvalue weighted by Gasteiger charge is -2.30. The van der Waals surface area contributed by atoms with E-state index >= 15 is 0 Å². The summed E-state index contributed by atoms with van der Waals surface area (Å²) < 4.78 is -0.182. The zero-order valence-corrected chi connectivity index (χ0v) is 21.5. The van der Waals surface area contributed by atoms with Crippen LogP contribution in [-0.2, 0) is 9.59 Å². The molecule has 1 fully saturated rings. The number of hydrogen-bond donors (Lipinski definition) is 1. The van der Waals surface area contributed by atoms with Crippen LogP contribution in [0.25, 0.3) is 22.0 Å². The summed E-state index contributed by atoms with van der Waals surface area (Å²) in [6, 6.07) is 14.1. The second kappa shape index (κ2) is 9.87. The van der Waals surface area contributed by atoms with E-state index in [1.165, 1.54) is 10.8 Å². The smallest absolute Gasteiger partial charge is 0.246 e. The maximum Gasteiger partial charge on any atom is 0.246 e. The lowest BCUT2D eigenvalue weighted by molar-refractivity contribution is -0.138. The lowest BCUT2D eigenvalue weighted by Crippen LogP contribution is -2.52. The van der Waals surface area contributed by atoms with E-state index in [0.29, 0.717) is 6.54 Å². The first-order chi connectivity index (χ1) is 15.4. The van der Waals surface area contributed by atoms with Gasteiger partial charge in [0.15, 0.2) is 0 Å². The SMILES string of the molecule is CC(C)[C@H](NC(=O)[C@H](C)I)C(=O)N1CCC[C@H]1c1nc(-c2cccc3ccccc23)cs1. The third-order valence-electron chi connectivity index (χ3n) is 6.00. The number of thiazole rings is 1. The maximum atomic E-state index is 13.5. The Morgan fingerprint density at radius 3 is 2.66 bits per heavy atom. The van der Waals surface area contributed by atoms with Crippen LogP contribution < -0.4 is 5.32 Å². The Balaban J connectivity index is 1.59. The Hall–Kier alpha value is -2.00. The first-order valence-electron chi connectivity index (χ1n) is 11.0. The highest BCUT2D eigenvalue weighted by Gasteiger charge is 2.37. The highest BCUT2D eigenvalue weighted by Crippen LogP contribution is 2.37. The van der Waals surface area contributed by atoms with Crippen molar-refractivity contribution >= 4 is 56.5 Å². The zero-order chi connectivity index (χ0) is 22.8. The molecule has 1 aliphatic rings. The molecule has 4 rings (SSSR count). The zero-order valence-electron chi connectivity index (χ0n) is 18.5. The number of fused-ring (bicyclic) bond motifs is 1. The number of nitrogens with one attached hydrogen (secondary N) is 1. The van der Waals surface area contributed by atoms with Gasteiger partial charge in [0.1, 0.15) is 11.0 Å². The number of carbonyl (C=O) groups is 2. The Bertz CT molecular complexity index is 1120. The van der Waals surface area contributed by atoms with Crippen LogP contribution in [0.15, 0.2) is 47.8 Å². The minimum Gasteiger partial charge on any atom is -0.343 e. The predicted molar refractivity (Wildman–Crippen MR) is 139 cm³/mol. The normalized spacial score (nSPS) is 18.2. The molecule has 0 radical (unpaired) electrons. The molecule has 0 bridgehead atoms. The van der Waals surface area contributed by atoms with Crippen molar-refractivity contribution in [3.05, 3.63) is 52.9 Å². The Morgan fingerprint density at radius 2 is 1.91 bits per heavy atom. The standard InChI is InChI=1S/C25H28IN3O2S/c1-15(2)22(28-23(30)16(3)26)25(31)29-13-7-12-21(29)24-27-20(14-32-24)19-11-6-9-17-8-4-5-10-18(17)19/h4-6,8-11,14-16,21-22H,7,12-13H2,1-3H3,(H,28,30)/t16-,21-,22-/m0/s1. The van der Waals surface area contributed by atoms with E-state index < -0.39 is 6.04 Å². The van der Waals surface area contributed by atoms with E-state index in [0.717, 1.165) is 29.1 Å². The van der Waals surface area contributed by atoms with E-state index in [2.05, 4.69) is 63.6 Å². The number of halogens is 1. The van der Waals surface area contributed by atoms with Crippen molar-refractivity contribution in [2.75, 3.05) is 6.54 Å². The van der Waals surface area contributed by atoms with Crippen LogP contribution in [0.2, 0.25) is 0 Å². The first kappa shape index (κ1) is 23.2. The molecule has 2 heterocycles. The van der Waals surface area contributed by atoms with Gasteiger partial charge in [0.2, 0.25) is 11.8 Å². The molecular formula is C25H28IN3O2S. The van der Waals surface area contributed by atoms with E-state index in [1.54, 1.807) is 11.3 Å². The largest absolute Gasteiger partial charge is 0.343 e. The van der Waals surface area contributed by atoms with Gasteiger partial charge in [0, 0.05) is 17.5 Å². The van der Waals surface area contributed by atoms with Crippen molar-refractivity contribution in [2.24, 2.45) is 5.92 Å². The van der Waals surface area contributed by atoms with Crippen molar-refractivity contribution in [3.8, 4) is 11.3 Å². The number of likely N-dealkylation sites (tertiary alicyclic amines) is 1. The molecule has 168 valence electrons. The van der Waals surface area contributed by atoms with Crippen LogP contribution in [0.3, 0.4) is 0 Å². The van der Waals surface area contributed by atoms with Crippen LogP contribution >= 0.6 is 33.9 Å². The van der Waals surface area contributed by atoms with Gasteiger partial charge in [-0.3, -0.25) is 9.59 Å². The summed E-state index contributed by atoms with van der Waals surface area (Å²) >= 11 is 3.70. The van der Waals surface area contributed by atoms with E-state index in [1.807, 2.05) is 37.8 Å². The average Bonchev–Trinajstić information content (AvgIpc) is 3.45. The summed E-state index contributed by atoms with van der Waals surface area (Å²) in [5, 5.41) is 8.40. The number of aromatic nitrogens is 1. The second-order valence-electron chi connectivity index (χ2n) is 8.63. The molecule has 2 aromatic carbocycles. The molecule has 7 heteroatoms. The number of nitrogens with zero attached hydrogens (tertiary/aromatic N) is 2. The molecule has 1 saturated heterocycles. The van der Waals surface area contributed by atoms with Crippen molar-refractivity contribution in [3.63, 3.8) is 0 Å². The van der Waals surface area contributed by atoms with Gasteiger partial charge in [-0.25, -0.2) is 4.98 Å². The van der Waals surface area contributed by atoms with Crippen LogP contribution in [0.4, 0.5) is 0 Å². The first-order valence-corrected chi connectivity index (χ1v) is 13.2. The number of benzene rings is 2. The average molecular weight is 561 g/mol. The quantitative estimate of drug-likeness (QED) is 0.315. The minimum atomic E-state index is -0.516. The molecule has 0 spiro atoms. The van der Waals surface area contributed by atoms with Crippen LogP contribution in [-0.4, -0.2) is 38.2 Å². The molecule has 0 aliphatic carbocycles. The summed E-state index contributed by atoms with van der Waals surface area (Å²) in [5.41, 5.74) is 2.07. The van der Waals surface area contributed by atoms with E-state index in [-0.39, 0.29) is 27.7 Å². The Labute approximate surface area is 206 Å².